The zero-order valence-electron chi connectivity index (χ0n) is 7.62. The number of fused-ring (bicyclic) bond motifs is 1. The quantitative estimate of drug-likeness (QED) is 0.637. The van der Waals surface area contributed by atoms with Crippen LogP contribution in [0.4, 0.5) is 0 Å². The van der Waals surface area contributed by atoms with Crippen LogP contribution in [0.1, 0.15) is 11.1 Å². The molecular formula is C9H13NO2Y. The second kappa shape index (κ2) is 6.49. The van der Waals surface area contributed by atoms with Gasteiger partial charge in [0.05, 0.1) is 0 Å². The van der Waals surface area contributed by atoms with Crippen LogP contribution in [0.3, 0.4) is 0 Å². The molecule has 3 nitrogen and oxygen atoms in total. The summed E-state index contributed by atoms with van der Waals surface area (Å²) in [5, 5.41) is 19.3. The monoisotopic (exact) mass is 256 g/mol. The molecule has 0 spiro atoms. The largest absolute Gasteiger partial charge is 0.508 e. The van der Waals surface area contributed by atoms with E-state index < -0.39 is 0 Å². The summed E-state index contributed by atoms with van der Waals surface area (Å²) in [5.41, 5.74) is 2.53. The predicted octanol–water partition coefficient (Wildman–Crippen LogP) is 0.601. The van der Waals surface area contributed by atoms with Gasteiger partial charge in [0.15, 0.2) is 0 Å². The van der Waals surface area contributed by atoms with E-state index in [-0.39, 0.29) is 32.7 Å². The Labute approximate surface area is 103 Å². The first kappa shape index (κ1) is 13.0. The zero-order chi connectivity index (χ0) is 8.97. The maximum atomic E-state index is 9.07. The first-order valence-electron chi connectivity index (χ1n) is 3.82. The molecule has 1 aromatic rings. The molecule has 13 heavy (non-hydrogen) atoms. The number of phenols is 1. The standard InChI is InChI=1S/C8H9NO.CH4O.Y/c10-8-2-1-6-4-9-5-7(6)3-8;1-2;/h1-3,9-10H,4-5H2;2H,1H3;. The van der Waals surface area contributed by atoms with E-state index in [4.69, 9.17) is 10.2 Å². The molecule has 69 valence electrons. The SMILES string of the molecule is CO.Oc1ccc2c(c1)CNC2.[Y]. The minimum absolute atomic E-state index is 0. The summed E-state index contributed by atoms with van der Waals surface area (Å²) in [6.45, 7) is 1.83. The molecule has 1 aromatic carbocycles. The Morgan fingerprint density at radius 2 is 1.77 bits per heavy atom. The van der Waals surface area contributed by atoms with Crippen molar-refractivity contribution in [2.45, 2.75) is 13.1 Å². The van der Waals surface area contributed by atoms with Crippen molar-refractivity contribution in [1.29, 1.82) is 0 Å². The molecular weight excluding hydrogens is 243 g/mol. The van der Waals surface area contributed by atoms with Crippen molar-refractivity contribution >= 4 is 0 Å². The van der Waals surface area contributed by atoms with Gasteiger partial charge < -0.3 is 15.5 Å². The maximum Gasteiger partial charge on any atom is 0.115 e. The Hall–Kier alpha value is 0.0439. The molecule has 1 aliphatic heterocycles. The Morgan fingerprint density at radius 1 is 1.15 bits per heavy atom. The van der Waals surface area contributed by atoms with E-state index in [1.807, 2.05) is 12.1 Å². The molecule has 0 amide bonds. The van der Waals surface area contributed by atoms with Crippen LogP contribution in [-0.2, 0) is 45.8 Å². The number of rotatable bonds is 0. The van der Waals surface area contributed by atoms with Gasteiger partial charge in [0.2, 0.25) is 0 Å². The molecule has 1 aliphatic rings. The fourth-order valence-electron chi connectivity index (χ4n) is 1.28. The molecule has 0 aliphatic carbocycles. The van der Waals surface area contributed by atoms with E-state index in [0.717, 1.165) is 20.2 Å². The molecule has 2 rings (SSSR count). The van der Waals surface area contributed by atoms with E-state index in [1.54, 1.807) is 6.07 Å². The first-order chi connectivity index (χ1) is 5.86. The van der Waals surface area contributed by atoms with Crippen molar-refractivity contribution in [1.82, 2.24) is 5.32 Å². The molecule has 0 aromatic heterocycles. The van der Waals surface area contributed by atoms with Crippen molar-refractivity contribution in [2.24, 2.45) is 0 Å². The third kappa shape index (κ3) is 3.35. The van der Waals surface area contributed by atoms with Crippen LogP contribution in [0.15, 0.2) is 18.2 Å². The van der Waals surface area contributed by atoms with E-state index in [9.17, 15) is 0 Å². The second-order valence-electron chi connectivity index (χ2n) is 2.56. The number of aliphatic hydroxyl groups is 1. The van der Waals surface area contributed by atoms with Gasteiger partial charge in [-0.1, -0.05) is 6.07 Å². The van der Waals surface area contributed by atoms with Crippen LogP contribution in [0, 0.1) is 0 Å². The number of hydrogen-bond acceptors (Lipinski definition) is 3. The number of phenolic OH excluding ortho intramolecular Hbond substituents is 1. The second-order valence-corrected chi connectivity index (χ2v) is 2.56. The molecule has 0 unspecified atom stereocenters. The van der Waals surface area contributed by atoms with Crippen LogP contribution < -0.4 is 5.32 Å². The molecule has 0 bridgehead atoms. The number of nitrogens with one attached hydrogen (secondary N) is 1. The predicted molar refractivity (Wildman–Crippen MR) is 46.8 cm³/mol. The fraction of sp³-hybridized carbons (Fsp3) is 0.333. The molecule has 0 fully saturated rings. The number of hydrogen-bond donors (Lipinski definition) is 3. The molecule has 4 heteroatoms. The third-order valence-electron chi connectivity index (χ3n) is 1.82. The molecule has 1 heterocycles. The summed E-state index contributed by atoms with van der Waals surface area (Å²) >= 11 is 0. The Kier molecular flexibility index (Phi) is 6.51. The van der Waals surface area contributed by atoms with Crippen molar-refractivity contribution in [3.63, 3.8) is 0 Å². The van der Waals surface area contributed by atoms with Crippen molar-refractivity contribution in [2.75, 3.05) is 7.11 Å². The van der Waals surface area contributed by atoms with Gasteiger partial charge in [-0.05, 0) is 23.3 Å². The summed E-state index contributed by atoms with van der Waals surface area (Å²) in [6.07, 6.45) is 0. The van der Waals surface area contributed by atoms with Crippen LogP contribution in [0.25, 0.3) is 0 Å². The van der Waals surface area contributed by atoms with Crippen LogP contribution >= 0.6 is 0 Å². The topological polar surface area (TPSA) is 52.5 Å². The van der Waals surface area contributed by atoms with Gasteiger partial charge in [0, 0.05) is 52.9 Å². The maximum absolute atomic E-state index is 9.07. The Morgan fingerprint density at radius 3 is 2.46 bits per heavy atom. The van der Waals surface area contributed by atoms with Gasteiger partial charge in [-0.2, -0.15) is 0 Å². The zero-order valence-corrected chi connectivity index (χ0v) is 10.5. The average molecular weight is 256 g/mol. The number of benzene rings is 1. The summed E-state index contributed by atoms with van der Waals surface area (Å²) in [7, 11) is 1.00. The number of aromatic hydroxyl groups is 1. The molecule has 3 N–H and O–H groups in total. The van der Waals surface area contributed by atoms with E-state index in [2.05, 4.69) is 5.32 Å². The van der Waals surface area contributed by atoms with Crippen molar-refractivity contribution < 1.29 is 42.9 Å². The molecule has 0 saturated heterocycles. The summed E-state index contributed by atoms with van der Waals surface area (Å²) in [6, 6.07) is 5.51. The minimum atomic E-state index is 0. The van der Waals surface area contributed by atoms with Gasteiger partial charge in [0.25, 0.3) is 0 Å². The van der Waals surface area contributed by atoms with Crippen molar-refractivity contribution in [3.05, 3.63) is 29.3 Å². The molecule has 0 atom stereocenters. The van der Waals surface area contributed by atoms with E-state index >= 15 is 0 Å². The Bertz CT molecular complexity index is 266. The molecule has 1 radical (unpaired) electrons. The van der Waals surface area contributed by atoms with E-state index in [0.29, 0.717) is 5.75 Å². The van der Waals surface area contributed by atoms with E-state index in [1.165, 1.54) is 11.1 Å². The van der Waals surface area contributed by atoms with Crippen molar-refractivity contribution in [3.8, 4) is 5.75 Å². The van der Waals surface area contributed by atoms with Gasteiger partial charge in [-0.25, -0.2) is 0 Å². The number of aliphatic hydroxyl groups excluding tert-OH is 1. The Balaban J connectivity index is 0.000000451. The van der Waals surface area contributed by atoms with Gasteiger partial charge in [-0.15, -0.1) is 0 Å². The van der Waals surface area contributed by atoms with Gasteiger partial charge in [-0.3, -0.25) is 0 Å². The minimum Gasteiger partial charge on any atom is -0.508 e. The normalized spacial score (nSPS) is 12.2. The molecule has 0 saturated carbocycles. The third-order valence-corrected chi connectivity index (χ3v) is 1.82. The fourth-order valence-corrected chi connectivity index (χ4v) is 1.28. The van der Waals surface area contributed by atoms with Gasteiger partial charge in [0.1, 0.15) is 5.75 Å². The van der Waals surface area contributed by atoms with Crippen LogP contribution in [-0.4, -0.2) is 17.3 Å². The summed E-state index contributed by atoms with van der Waals surface area (Å²) < 4.78 is 0. The first-order valence-corrected chi connectivity index (χ1v) is 3.82. The van der Waals surface area contributed by atoms with Crippen LogP contribution in [0.2, 0.25) is 0 Å². The summed E-state index contributed by atoms with van der Waals surface area (Å²) in [5.74, 6) is 0.363. The summed E-state index contributed by atoms with van der Waals surface area (Å²) in [4.78, 5) is 0. The average Bonchev–Trinajstić information content (AvgIpc) is 2.54. The van der Waals surface area contributed by atoms with Crippen LogP contribution in [0.5, 0.6) is 5.75 Å². The van der Waals surface area contributed by atoms with Gasteiger partial charge >= 0.3 is 0 Å². The smallest absolute Gasteiger partial charge is 0.115 e.